The molecule has 162 valence electrons. The second-order valence-corrected chi connectivity index (χ2v) is 8.87. The Kier molecular flexibility index (Phi) is 5.77. The summed E-state index contributed by atoms with van der Waals surface area (Å²) in [6, 6.07) is 11.2. The summed E-state index contributed by atoms with van der Waals surface area (Å²) in [6.45, 7) is 6.54. The fourth-order valence-corrected chi connectivity index (χ4v) is 3.56. The lowest BCUT2D eigenvalue weighted by Gasteiger charge is -2.21. The molecular weight excluding hydrogens is 418 g/mol. The number of rotatable bonds is 6. The molecule has 0 radical (unpaired) electrons. The van der Waals surface area contributed by atoms with Crippen LogP contribution in [0.3, 0.4) is 0 Å². The zero-order chi connectivity index (χ0) is 22.0. The van der Waals surface area contributed by atoms with Crippen molar-refractivity contribution in [1.82, 2.24) is 10.2 Å². The number of anilines is 1. The lowest BCUT2D eigenvalue weighted by atomic mass is 9.87. The van der Waals surface area contributed by atoms with Crippen LogP contribution in [0.25, 0.3) is 11.5 Å². The molecule has 2 aromatic carbocycles. The minimum Gasteiger partial charge on any atom is -0.495 e. The van der Waals surface area contributed by atoms with E-state index in [1.165, 1.54) is 0 Å². The van der Waals surface area contributed by atoms with Crippen molar-refractivity contribution in [3.05, 3.63) is 42.0 Å². The van der Waals surface area contributed by atoms with Crippen molar-refractivity contribution in [2.45, 2.75) is 31.4 Å². The lowest BCUT2D eigenvalue weighted by molar-refractivity contribution is -0.113. The number of thioether (sulfide) groups is 1. The van der Waals surface area contributed by atoms with E-state index in [-0.39, 0.29) is 23.9 Å². The first-order chi connectivity index (χ1) is 14.8. The van der Waals surface area contributed by atoms with Crippen LogP contribution in [0.1, 0.15) is 26.3 Å². The average molecular weight is 442 g/mol. The number of methoxy groups -OCH3 is 1. The quantitative estimate of drug-likeness (QED) is 0.559. The SMILES string of the molecule is COc1ccc(C(C)(C)C)cc1NC(=O)CSc1nnc(-c2ccc3c(c2)OCO3)o1. The molecule has 0 aliphatic carbocycles. The number of hydrogen-bond acceptors (Lipinski definition) is 8. The Labute approximate surface area is 184 Å². The molecule has 0 fully saturated rings. The van der Waals surface area contributed by atoms with E-state index < -0.39 is 0 Å². The summed E-state index contributed by atoms with van der Waals surface area (Å²) in [4.78, 5) is 12.5. The number of amides is 1. The van der Waals surface area contributed by atoms with Crippen molar-refractivity contribution < 1.29 is 23.4 Å². The average Bonchev–Trinajstić information content (AvgIpc) is 3.40. The summed E-state index contributed by atoms with van der Waals surface area (Å²) in [5, 5.41) is 11.3. The Morgan fingerprint density at radius 3 is 2.71 bits per heavy atom. The highest BCUT2D eigenvalue weighted by atomic mass is 32.2. The molecule has 8 nitrogen and oxygen atoms in total. The third-order valence-electron chi connectivity index (χ3n) is 4.69. The molecule has 0 unspecified atom stereocenters. The van der Waals surface area contributed by atoms with Gasteiger partial charge < -0.3 is 23.9 Å². The van der Waals surface area contributed by atoms with E-state index in [0.717, 1.165) is 22.9 Å². The monoisotopic (exact) mass is 441 g/mol. The van der Waals surface area contributed by atoms with Gasteiger partial charge in [0.1, 0.15) is 5.75 Å². The molecule has 0 saturated carbocycles. The van der Waals surface area contributed by atoms with Gasteiger partial charge in [-0.2, -0.15) is 0 Å². The van der Waals surface area contributed by atoms with E-state index in [9.17, 15) is 4.79 Å². The second-order valence-electron chi connectivity index (χ2n) is 7.94. The Hall–Kier alpha value is -3.20. The number of nitrogens with one attached hydrogen (secondary N) is 1. The van der Waals surface area contributed by atoms with Gasteiger partial charge in [-0.1, -0.05) is 38.6 Å². The number of fused-ring (bicyclic) bond motifs is 1. The van der Waals surface area contributed by atoms with Crippen LogP contribution in [-0.4, -0.2) is 35.8 Å². The Morgan fingerprint density at radius 1 is 1.13 bits per heavy atom. The molecule has 0 saturated heterocycles. The molecule has 31 heavy (non-hydrogen) atoms. The summed E-state index contributed by atoms with van der Waals surface area (Å²) >= 11 is 1.16. The fraction of sp³-hybridized carbons (Fsp3) is 0.318. The van der Waals surface area contributed by atoms with E-state index in [4.69, 9.17) is 18.6 Å². The van der Waals surface area contributed by atoms with Gasteiger partial charge in [0.2, 0.25) is 18.6 Å². The molecule has 1 N–H and O–H groups in total. The smallest absolute Gasteiger partial charge is 0.277 e. The van der Waals surface area contributed by atoms with Crippen LogP contribution in [-0.2, 0) is 10.2 Å². The summed E-state index contributed by atoms with van der Waals surface area (Å²) < 4.78 is 21.7. The summed E-state index contributed by atoms with van der Waals surface area (Å²) in [6.07, 6.45) is 0. The third kappa shape index (κ3) is 4.77. The van der Waals surface area contributed by atoms with Crippen LogP contribution in [0.15, 0.2) is 46.0 Å². The zero-order valence-corrected chi connectivity index (χ0v) is 18.5. The summed E-state index contributed by atoms with van der Waals surface area (Å²) in [5.74, 6) is 2.19. The van der Waals surface area contributed by atoms with E-state index in [1.807, 2.05) is 24.3 Å². The van der Waals surface area contributed by atoms with Crippen LogP contribution in [0, 0.1) is 0 Å². The molecule has 1 amide bonds. The fourth-order valence-electron chi connectivity index (χ4n) is 3.00. The van der Waals surface area contributed by atoms with Gasteiger partial charge in [0.15, 0.2) is 11.5 Å². The van der Waals surface area contributed by atoms with Crippen LogP contribution in [0.4, 0.5) is 5.69 Å². The first kappa shape index (κ1) is 21.0. The maximum absolute atomic E-state index is 12.5. The predicted octanol–water partition coefficient (Wildman–Crippen LogP) is 4.50. The van der Waals surface area contributed by atoms with Crippen molar-refractivity contribution in [2.75, 3.05) is 25.0 Å². The predicted molar refractivity (Wildman–Crippen MR) is 117 cm³/mol. The first-order valence-corrected chi connectivity index (χ1v) is 10.7. The molecular formula is C22H23N3O5S. The zero-order valence-electron chi connectivity index (χ0n) is 17.7. The molecule has 0 atom stereocenters. The van der Waals surface area contributed by atoms with Gasteiger partial charge >= 0.3 is 0 Å². The van der Waals surface area contributed by atoms with Gasteiger partial charge in [0.05, 0.1) is 18.6 Å². The van der Waals surface area contributed by atoms with E-state index in [0.29, 0.717) is 34.0 Å². The van der Waals surface area contributed by atoms with Crippen LogP contribution in [0.5, 0.6) is 17.2 Å². The van der Waals surface area contributed by atoms with Gasteiger partial charge in [-0.25, -0.2) is 0 Å². The molecule has 3 aromatic rings. The molecule has 4 rings (SSSR count). The molecule has 1 aliphatic heterocycles. The minimum absolute atomic E-state index is 0.0462. The van der Waals surface area contributed by atoms with Crippen molar-refractivity contribution in [3.8, 4) is 28.7 Å². The van der Waals surface area contributed by atoms with Gasteiger partial charge in [0, 0.05) is 5.56 Å². The number of carbonyl (C=O) groups is 1. The Balaban J connectivity index is 1.40. The largest absolute Gasteiger partial charge is 0.495 e. The number of hydrogen-bond donors (Lipinski definition) is 1. The van der Waals surface area contributed by atoms with Gasteiger partial charge in [-0.3, -0.25) is 4.79 Å². The number of ether oxygens (including phenoxy) is 3. The van der Waals surface area contributed by atoms with E-state index >= 15 is 0 Å². The van der Waals surface area contributed by atoms with Crippen molar-refractivity contribution in [2.24, 2.45) is 0 Å². The Morgan fingerprint density at radius 2 is 1.94 bits per heavy atom. The lowest BCUT2D eigenvalue weighted by Crippen LogP contribution is -2.17. The summed E-state index contributed by atoms with van der Waals surface area (Å²) in [7, 11) is 1.58. The first-order valence-electron chi connectivity index (χ1n) is 9.68. The van der Waals surface area contributed by atoms with Crippen LogP contribution >= 0.6 is 11.8 Å². The van der Waals surface area contributed by atoms with Crippen molar-refractivity contribution in [3.63, 3.8) is 0 Å². The maximum atomic E-state index is 12.5. The molecule has 2 heterocycles. The maximum Gasteiger partial charge on any atom is 0.277 e. The third-order valence-corrected chi connectivity index (χ3v) is 5.51. The Bertz CT molecular complexity index is 1110. The van der Waals surface area contributed by atoms with E-state index in [2.05, 4.69) is 36.3 Å². The normalized spacial score (nSPS) is 12.6. The highest BCUT2D eigenvalue weighted by molar-refractivity contribution is 7.99. The van der Waals surface area contributed by atoms with Crippen molar-refractivity contribution >= 4 is 23.4 Å². The molecule has 9 heteroatoms. The number of carbonyl (C=O) groups excluding carboxylic acids is 1. The number of benzene rings is 2. The van der Waals surface area contributed by atoms with Crippen LogP contribution in [0.2, 0.25) is 0 Å². The number of nitrogens with zero attached hydrogens (tertiary/aromatic N) is 2. The van der Waals surface area contributed by atoms with Gasteiger partial charge in [-0.05, 0) is 41.3 Å². The van der Waals surface area contributed by atoms with Crippen LogP contribution < -0.4 is 19.5 Å². The molecule has 1 aromatic heterocycles. The molecule has 0 spiro atoms. The van der Waals surface area contributed by atoms with E-state index in [1.54, 1.807) is 19.2 Å². The topological polar surface area (TPSA) is 95.7 Å². The highest BCUT2D eigenvalue weighted by Gasteiger charge is 2.19. The summed E-state index contributed by atoms with van der Waals surface area (Å²) in [5.41, 5.74) is 2.40. The molecule has 1 aliphatic rings. The number of aromatic nitrogens is 2. The molecule has 0 bridgehead atoms. The van der Waals surface area contributed by atoms with Gasteiger partial charge in [-0.15, -0.1) is 10.2 Å². The van der Waals surface area contributed by atoms with Gasteiger partial charge in [0.25, 0.3) is 5.22 Å². The highest BCUT2D eigenvalue weighted by Crippen LogP contribution is 2.36. The standard InChI is InChI=1S/C22H23N3O5S/c1-22(2,3)14-6-8-16(27-4)15(10-14)23-19(26)11-31-21-25-24-20(30-21)13-5-7-17-18(9-13)29-12-28-17/h5-10H,11-12H2,1-4H3,(H,23,26). The minimum atomic E-state index is -0.197. The van der Waals surface area contributed by atoms with Crippen molar-refractivity contribution in [1.29, 1.82) is 0 Å². The second kappa shape index (κ2) is 8.50.